The topological polar surface area (TPSA) is 7.65 Å². The molecule has 0 N–H and O–H groups in total. The summed E-state index contributed by atoms with van der Waals surface area (Å²) < 4.78 is 2.42. The molecule has 0 unspecified atom stereocenters. The van der Waals surface area contributed by atoms with E-state index in [9.17, 15) is 0 Å². The fourth-order valence-corrected chi connectivity index (χ4v) is 9.86. The Hall–Kier alpha value is -7.42. The SMILES string of the molecule is C=C/C=C(\C=C/C)c1ccc2c(c1)C(C)(C)c1ccc(-c3ccc(N(c4ccc(-c5ccccc5)cc4)c4ccc5c(C=C)c(/C=C\C)n6c7ccccc7c4c56)cc3)cc1-2.CC. The number of aromatic nitrogens is 1. The molecule has 7 aromatic carbocycles. The molecule has 1 aliphatic rings. The minimum Gasteiger partial charge on any atom is -0.310 e. The summed E-state index contributed by atoms with van der Waals surface area (Å²) in [5.41, 5.74) is 20.4. The lowest BCUT2D eigenvalue weighted by molar-refractivity contribution is 0.660. The Labute approximate surface area is 373 Å². The van der Waals surface area contributed by atoms with Gasteiger partial charge >= 0.3 is 0 Å². The Morgan fingerprint density at radius 3 is 1.92 bits per heavy atom. The zero-order chi connectivity index (χ0) is 43.8. The van der Waals surface area contributed by atoms with Crippen LogP contribution in [0.4, 0.5) is 17.1 Å². The second-order valence-electron chi connectivity index (χ2n) is 16.5. The van der Waals surface area contributed by atoms with E-state index in [1.807, 2.05) is 26.0 Å². The number of nitrogens with zero attached hydrogens (tertiary/aromatic N) is 2. The molecular weight excluding hydrogens is 761 g/mol. The zero-order valence-electron chi connectivity index (χ0n) is 37.3. The van der Waals surface area contributed by atoms with Crippen LogP contribution < -0.4 is 4.90 Å². The molecule has 0 amide bonds. The predicted molar refractivity (Wildman–Crippen MR) is 276 cm³/mol. The van der Waals surface area contributed by atoms with Crippen molar-refractivity contribution < 1.29 is 0 Å². The van der Waals surface area contributed by atoms with Crippen molar-refractivity contribution in [1.29, 1.82) is 0 Å². The number of allylic oxidation sites excluding steroid dienone is 6. The molecule has 0 fully saturated rings. The first kappa shape index (κ1) is 41.0. The van der Waals surface area contributed by atoms with Gasteiger partial charge in [0, 0.05) is 38.5 Å². The van der Waals surface area contributed by atoms with Crippen LogP contribution in [0.15, 0.2) is 195 Å². The van der Waals surface area contributed by atoms with Crippen LogP contribution in [-0.2, 0) is 5.41 Å². The van der Waals surface area contributed by atoms with E-state index in [4.69, 9.17) is 0 Å². The van der Waals surface area contributed by atoms with Gasteiger partial charge in [-0.15, -0.1) is 0 Å². The molecule has 2 aromatic heterocycles. The third-order valence-corrected chi connectivity index (χ3v) is 12.7. The number of hydrogen-bond donors (Lipinski definition) is 0. The molecule has 0 aliphatic heterocycles. The van der Waals surface area contributed by atoms with Crippen LogP contribution in [0.3, 0.4) is 0 Å². The highest BCUT2D eigenvalue weighted by atomic mass is 15.1. The lowest BCUT2D eigenvalue weighted by Crippen LogP contribution is -2.15. The Kier molecular flexibility index (Phi) is 10.9. The van der Waals surface area contributed by atoms with Gasteiger partial charge in [-0.05, 0) is 124 Å². The number of fused-ring (bicyclic) bond motifs is 6. The van der Waals surface area contributed by atoms with Gasteiger partial charge in [0.05, 0.1) is 22.4 Å². The number of rotatable bonds is 10. The molecular formula is C61H54N2. The summed E-state index contributed by atoms with van der Waals surface area (Å²) >= 11 is 0. The maximum Gasteiger partial charge on any atom is 0.0641 e. The minimum absolute atomic E-state index is 0.115. The Bertz CT molecular complexity index is 3240. The lowest BCUT2D eigenvalue weighted by atomic mass is 9.81. The van der Waals surface area contributed by atoms with Gasteiger partial charge in [-0.25, -0.2) is 0 Å². The standard InChI is InChI=1S/C59H48N2.C2H6/c1-7-16-39(17-8-2)44-27-33-48-51-37-43(28-35-52(51)59(5,6)53(48)38-44)42-25-31-46(32-26-42)60(45-29-23-41(24-30-45)40-19-12-11-13-20-40)56-36-34-49-47(10-4)54(18-9-3)61-55-22-15-14-21-50(55)57(56)58(49)61;1-2/h7-38H,1,4H2,2-3,5-6H3;1-2H3/b17-8-,18-9-,39-16+;. The fourth-order valence-electron chi connectivity index (χ4n) is 9.86. The predicted octanol–water partition coefficient (Wildman–Crippen LogP) is 17.6. The fraction of sp³-hybridized carbons (Fsp3) is 0.115. The summed E-state index contributed by atoms with van der Waals surface area (Å²) in [6, 6.07) is 56.1. The number of hydrogen-bond acceptors (Lipinski definition) is 1. The summed E-state index contributed by atoms with van der Waals surface area (Å²) in [6.45, 7) is 21.1. The summed E-state index contributed by atoms with van der Waals surface area (Å²) in [7, 11) is 0. The van der Waals surface area contributed by atoms with Crippen molar-refractivity contribution in [3.05, 3.63) is 223 Å². The molecule has 0 atom stereocenters. The molecule has 0 saturated carbocycles. The van der Waals surface area contributed by atoms with Gasteiger partial charge in [-0.3, -0.25) is 0 Å². The van der Waals surface area contributed by atoms with Crippen LogP contribution in [0, 0.1) is 0 Å². The first-order valence-corrected chi connectivity index (χ1v) is 22.2. The Balaban J connectivity index is 0.00000249. The molecule has 2 heteroatoms. The highest BCUT2D eigenvalue weighted by Crippen LogP contribution is 2.51. The number of anilines is 3. The van der Waals surface area contributed by atoms with Crippen LogP contribution in [0.2, 0.25) is 0 Å². The van der Waals surface area contributed by atoms with Gasteiger partial charge in [-0.1, -0.05) is 180 Å². The highest BCUT2D eigenvalue weighted by molar-refractivity contribution is 6.23. The molecule has 9 aromatic rings. The smallest absolute Gasteiger partial charge is 0.0641 e. The average molecular weight is 815 g/mol. The van der Waals surface area contributed by atoms with Crippen molar-refractivity contribution in [1.82, 2.24) is 4.40 Å². The van der Waals surface area contributed by atoms with Gasteiger partial charge in [0.2, 0.25) is 0 Å². The maximum atomic E-state index is 4.26. The third kappa shape index (κ3) is 6.74. The number of benzene rings is 7. The number of para-hydroxylation sites is 1. The largest absolute Gasteiger partial charge is 0.310 e. The molecule has 2 nitrogen and oxygen atoms in total. The zero-order valence-corrected chi connectivity index (χ0v) is 37.3. The van der Waals surface area contributed by atoms with Crippen molar-refractivity contribution in [3.8, 4) is 33.4 Å². The van der Waals surface area contributed by atoms with Gasteiger partial charge in [0.25, 0.3) is 0 Å². The van der Waals surface area contributed by atoms with E-state index >= 15 is 0 Å². The quantitative estimate of drug-likeness (QED) is 0.125. The highest BCUT2D eigenvalue weighted by Gasteiger charge is 2.36. The lowest BCUT2D eigenvalue weighted by Gasteiger charge is -2.27. The third-order valence-electron chi connectivity index (χ3n) is 12.7. The molecule has 0 spiro atoms. The van der Waals surface area contributed by atoms with Gasteiger partial charge < -0.3 is 9.30 Å². The first-order chi connectivity index (χ1) is 30.9. The van der Waals surface area contributed by atoms with E-state index in [0.29, 0.717) is 0 Å². The molecule has 0 bridgehead atoms. The molecule has 10 rings (SSSR count). The molecule has 2 heterocycles. The summed E-state index contributed by atoms with van der Waals surface area (Å²) in [6.07, 6.45) is 14.5. The van der Waals surface area contributed by atoms with Crippen molar-refractivity contribution in [3.63, 3.8) is 0 Å². The van der Waals surface area contributed by atoms with Crippen molar-refractivity contribution >= 4 is 62.0 Å². The second kappa shape index (κ2) is 16.8. The molecule has 0 radical (unpaired) electrons. The molecule has 308 valence electrons. The van der Waals surface area contributed by atoms with Crippen molar-refractivity contribution in [2.45, 2.75) is 47.0 Å². The van der Waals surface area contributed by atoms with Crippen LogP contribution >= 0.6 is 0 Å². The second-order valence-corrected chi connectivity index (χ2v) is 16.5. The van der Waals surface area contributed by atoms with Gasteiger partial charge in [0.1, 0.15) is 0 Å². The maximum absolute atomic E-state index is 4.26. The van der Waals surface area contributed by atoms with E-state index in [2.05, 4.69) is 232 Å². The molecule has 1 aliphatic carbocycles. The van der Waals surface area contributed by atoms with Crippen LogP contribution in [-0.4, -0.2) is 4.40 Å². The van der Waals surface area contributed by atoms with E-state index in [1.165, 1.54) is 82.8 Å². The van der Waals surface area contributed by atoms with Crippen molar-refractivity contribution in [2.24, 2.45) is 0 Å². The van der Waals surface area contributed by atoms with Gasteiger partial charge in [-0.2, -0.15) is 0 Å². The van der Waals surface area contributed by atoms with Crippen molar-refractivity contribution in [2.75, 3.05) is 4.90 Å². The first-order valence-electron chi connectivity index (χ1n) is 22.2. The molecule has 0 saturated heterocycles. The van der Waals surface area contributed by atoms with Crippen LogP contribution in [0.5, 0.6) is 0 Å². The minimum atomic E-state index is -0.115. The molecule has 63 heavy (non-hydrogen) atoms. The summed E-state index contributed by atoms with van der Waals surface area (Å²) in [5, 5.41) is 3.66. The van der Waals surface area contributed by atoms with Gasteiger partial charge in [0.15, 0.2) is 0 Å². The average Bonchev–Trinajstić information content (AvgIpc) is 3.92. The van der Waals surface area contributed by atoms with E-state index in [1.54, 1.807) is 0 Å². The summed E-state index contributed by atoms with van der Waals surface area (Å²) in [4.78, 5) is 2.43. The summed E-state index contributed by atoms with van der Waals surface area (Å²) in [5.74, 6) is 0. The van der Waals surface area contributed by atoms with E-state index in [0.717, 1.165) is 28.3 Å². The Morgan fingerprint density at radius 1 is 0.603 bits per heavy atom. The Morgan fingerprint density at radius 2 is 1.25 bits per heavy atom. The van der Waals surface area contributed by atoms with Crippen LogP contribution in [0.1, 0.15) is 69.5 Å². The van der Waals surface area contributed by atoms with E-state index in [-0.39, 0.29) is 5.41 Å². The van der Waals surface area contributed by atoms with E-state index < -0.39 is 0 Å². The van der Waals surface area contributed by atoms with Crippen LogP contribution in [0.25, 0.3) is 78.3 Å². The normalized spacial score (nSPS) is 13.1. The monoisotopic (exact) mass is 814 g/mol.